The van der Waals surface area contributed by atoms with Crippen LogP contribution in [0.2, 0.25) is 0 Å². The molecule has 0 aliphatic carbocycles. The molecule has 0 bridgehead atoms. The lowest BCUT2D eigenvalue weighted by molar-refractivity contribution is -0.385. The van der Waals surface area contributed by atoms with Crippen molar-refractivity contribution < 1.29 is 14.5 Å². The Labute approximate surface area is 179 Å². The second kappa shape index (κ2) is 10.3. The van der Waals surface area contributed by atoms with Crippen molar-refractivity contribution in [3.63, 3.8) is 0 Å². The molecule has 9 nitrogen and oxygen atoms in total. The van der Waals surface area contributed by atoms with Crippen molar-refractivity contribution in [2.45, 2.75) is 27.2 Å². The summed E-state index contributed by atoms with van der Waals surface area (Å²) in [5.74, 6) is -0.776. The van der Waals surface area contributed by atoms with Crippen LogP contribution in [0, 0.1) is 30.9 Å². The van der Waals surface area contributed by atoms with Crippen LogP contribution in [0.5, 0.6) is 0 Å². The van der Waals surface area contributed by atoms with Gasteiger partial charge in [-0.25, -0.2) is 4.98 Å². The van der Waals surface area contributed by atoms with Crippen LogP contribution in [0.1, 0.15) is 32.9 Å². The standard InChI is InChI=1S/C20H27N5O4S/c1-13-7-8-16(11-17(13)25(28)29)19(27)24(10-6-9-23(4)5)12-18(26)22-20-21-14(2)15(3)30-20/h7-8,11H,6,9-10,12H2,1-5H3,(H,21,22,26). The highest BCUT2D eigenvalue weighted by Gasteiger charge is 2.22. The maximum absolute atomic E-state index is 13.0. The van der Waals surface area contributed by atoms with Crippen molar-refractivity contribution in [1.29, 1.82) is 0 Å². The number of aryl methyl sites for hydroxylation is 3. The van der Waals surface area contributed by atoms with Gasteiger partial charge in [0.15, 0.2) is 5.13 Å². The van der Waals surface area contributed by atoms with Gasteiger partial charge < -0.3 is 15.1 Å². The van der Waals surface area contributed by atoms with Crippen molar-refractivity contribution in [1.82, 2.24) is 14.8 Å². The predicted octanol–water partition coefficient (Wildman–Crippen LogP) is 3.01. The minimum Gasteiger partial charge on any atom is -0.329 e. The fourth-order valence-corrected chi connectivity index (χ4v) is 3.64. The molecule has 0 atom stereocenters. The van der Waals surface area contributed by atoms with Crippen molar-refractivity contribution in [3.05, 3.63) is 50.0 Å². The summed E-state index contributed by atoms with van der Waals surface area (Å²) in [6.45, 7) is 6.33. The van der Waals surface area contributed by atoms with Crippen LogP contribution >= 0.6 is 11.3 Å². The zero-order chi connectivity index (χ0) is 22.4. The second-order valence-electron chi connectivity index (χ2n) is 7.35. The summed E-state index contributed by atoms with van der Waals surface area (Å²) in [5, 5.41) is 14.5. The lowest BCUT2D eigenvalue weighted by Gasteiger charge is -2.23. The van der Waals surface area contributed by atoms with E-state index in [2.05, 4.69) is 10.3 Å². The number of anilines is 1. The number of nitrogens with zero attached hydrogens (tertiary/aromatic N) is 4. The van der Waals surface area contributed by atoms with Crippen molar-refractivity contribution in [2.24, 2.45) is 0 Å². The molecule has 1 heterocycles. The van der Waals surface area contributed by atoms with Crippen molar-refractivity contribution >= 4 is 34.0 Å². The first-order valence-corrected chi connectivity index (χ1v) is 10.3. The molecule has 0 aliphatic rings. The van der Waals surface area contributed by atoms with Gasteiger partial charge in [-0.2, -0.15) is 0 Å². The molecule has 0 aliphatic heterocycles. The van der Waals surface area contributed by atoms with Crippen LogP contribution in [-0.4, -0.2) is 65.3 Å². The summed E-state index contributed by atoms with van der Waals surface area (Å²) in [6.07, 6.45) is 0.662. The Morgan fingerprint density at radius 1 is 1.20 bits per heavy atom. The number of carbonyl (C=O) groups excluding carboxylic acids is 2. The Morgan fingerprint density at radius 3 is 2.47 bits per heavy atom. The van der Waals surface area contributed by atoms with E-state index < -0.39 is 10.8 Å². The summed E-state index contributed by atoms with van der Waals surface area (Å²) < 4.78 is 0. The van der Waals surface area contributed by atoms with Gasteiger partial charge in [-0.05, 0) is 53.9 Å². The van der Waals surface area contributed by atoms with Gasteiger partial charge in [0.2, 0.25) is 5.91 Å². The molecule has 2 amide bonds. The molecule has 1 N–H and O–H groups in total. The highest BCUT2D eigenvalue weighted by atomic mass is 32.1. The van der Waals surface area contributed by atoms with Crippen LogP contribution in [-0.2, 0) is 4.79 Å². The van der Waals surface area contributed by atoms with Crippen LogP contribution < -0.4 is 5.32 Å². The molecule has 0 spiro atoms. The minimum atomic E-state index is -0.512. The number of thiazole rings is 1. The predicted molar refractivity (Wildman–Crippen MR) is 117 cm³/mol. The van der Waals surface area contributed by atoms with Gasteiger partial charge in [0.05, 0.1) is 10.6 Å². The number of nitro groups is 1. The van der Waals surface area contributed by atoms with Gasteiger partial charge >= 0.3 is 0 Å². The number of rotatable bonds is 9. The van der Waals surface area contributed by atoms with E-state index in [9.17, 15) is 19.7 Å². The lowest BCUT2D eigenvalue weighted by Crippen LogP contribution is -2.39. The summed E-state index contributed by atoms with van der Waals surface area (Å²) in [7, 11) is 3.85. The number of benzene rings is 1. The van der Waals surface area contributed by atoms with E-state index in [1.807, 2.05) is 32.8 Å². The third kappa shape index (κ3) is 6.33. The third-order valence-electron chi connectivity index (χ3n) is 4.58. The molecule has 2 aromatic rings. The summed E-state index contributed by atoms with van der Waals surface area (Å²) in [5.41, 5.74) is 1.39. The molecule has 0 unspecified atom stereocenters. The van der Waals surface area contributed by atoms with Gasteiger partial charge in [0, 0.05) is 28.6 Å². The molecule has 1 aromatic heterocycles. The molecular weight excluding hydrogens is 406 g/mol. The first-order valence-electron chi connectivity index (χ1n) is 9.51. The number of nitro benzene ring substituents is 1. The molecule has 30 heavy (non-hydrogen) atoms. The first-order chi connectivity index (χ1) is 14.1. The van der Waals surface area contributed by atoms with E-state index in [-0.39, 0.29) is 23.7 Å². The Morgan fingerprint density at radius 2 is 1.90 bits per heavy atom. The number of amides is 2. The molecule has 0 radical (unpaired) electrons. The molecule has 10 heteroatoms. The van der Waals surface area contributed by atoms with E-state index >= 15 is 0 Å². The van der Waals surface area contributed by atoms with Gasteiger partial charge in [0.25, 0.3) is 11.6 Å². The average molecular weight is 434 g/mol. The Hall–Kier alpha value is -2.85. The fourth-order valence-electron chi connectivity index (χ4n) is 2.81. The largest absolute Gasteiger partial charge is 0.329 e. The molecule has 1 aromatic carbocycles. The van der Waals surface area contributed by atoms with Crippen LogP contribution in [0.3, 0.4) is 0 Å². The molecule has 0 saturated carbocycles. The van der Waals surface area contributed by atoms with Crippen molar-refractivity contribution in [2.75, 3.05) is 39.0 Å². The normalized spacial score (nSPS) is 10.9. The maximum atomic E-state index is 13.0. The number of nitrogens with one attached hydrogen (secondary N) is 1. The van der Waals surface area contributed by atoms with E-state index in [0.29, 0.717) is 23.7 Å². The SMILES string of the molecule is Cc1ccc(C(=O)N(CCCN(C)C)CC(=O)Nc2nc(C)c(C)s2)cc1[N+](=O)[O-]. The number of hydrogen-bond acceptors (Lipinski definition) is 7. The third-order valence-corrected chi connectivity index (χ3v) is 5.57. The van der Waals surface area contributed by atoms with E-state index in [1.165, 1.54) is 22.3 Å². The molecular formula is C20H27N5O4S. The van der Waals surface area contributed by atoms with Gasteiger partial charge in [-0.3, -0.25) is 19.7 Å². The molecule has 0 fully saturated rings. The number of aromatic nitrogens is 1. The zero-order valence-electron chi connectivity index (χ0n) is 17.9. The summed E-state index contributed by atoms with van der Waals surface area (Å²) in [4.78, 5) is 45.0. The highest BCUT2D eigenvalue weighted by molar-refractivity contribution is 7.15. The first kappa shape index (κ1) is 23.4. The Balaban J connectivity index is 2.18. The zero-order valence-corrected chi connectivity index (χ0v) is 18.7. The number of hydrogen-bond donors (Lipinski definition) is 1. The van der Waals surface area contributed by atoms with E-state index in [4.69, 9.17) is 0 Å². The van der Waals surface area contributed by atoms with E-state index in [1.54, 1.807) is 19.1 Å². The monoisotopic (exact) mass is 433 g/mol. The maximum Gasteiger partial charge on any atom is 0.273 e. The van der Waals surface area contributed by atoms with Crippen LogP contribution in [0.15, 0.2) is 18.2 Å². The Kier molecular flexibility index (Phi) is 8.01. The molecule has 162 valence electrons. The second-order valence-corrected chi connectivity index (χ2v) is 8.55. The Bertz CT molecular complexity index is 922. The van der Waals surface area contributed by atoms with Crippen LogP contribution in [0.25, 0.3) is 0 Å². The van der Waals surface area contributed by atoms with Gasteiger partial charge in [-0.15, -0.1) is 11.3 Å². The van der Waals surface area contributed by atoms with E-state index in [0.717, 1.165) is 17.1 Å². The lowest BCUT2D eigenvalue weighted by atomic mass is 10.1. The summed E-state index contributed by atoms with van der Waals surface area (Å²) in [6, 6.07) is 4.36. The molecule has 0 saturated heterocycles. The number of carbonyl (C=O) groups is 2. The fraction of sp³-hybridized carbons (Fsp3) is 0.450. The highest BCUT2D eigenvalue weighted by Crippen LogP contribution is 2.22. The topological polar surface area (TPSA) is 109 Å². The quantitative estimate of drug-likeness (QED) is 0.481. The smallest absolute Gasteiger partial charge is 0.273 e. The summed E-state index contributed by atoms with van der Waals surface area (Å²) >= 11 is 1.37. The van der Waals surface area contributed by atoms with Crippen LogP contribution in [0.4, 0.5) is 10.8 Å². The van der Waals surface area contributed by atoms with Gasteiger partial charge in [-0.1, -0.05) is 6.07 Å². The van der Waals surface area contributed by atoms with Crippen molar-refractivity contribution in [3.8, 4) is 0 Å². The molecule has 2 rings (SSSR count). The average Bonchev–Trinajstić information content (AvgIpc) is 2.97. The minimum absolute atomic E-state index is 0.118. The van der Waals surface area contributed by atoms with Gasteiger partial charge in [0.1, 0.15) is 6.54 Å².